The van der Waals surface area contributed by atoms with Crippen LogP contribution >= 0.6 is 15.9 Å². The Bertz CT molecular complexity index is 637. The zero-order valence-electron chi connectivity index (χ0n) is 15.6. The summed E-state index contributed by atoms with van der Waals surface area (Å²) in [5, 5.41) is 0. The lowest BCUT2D eigenvalue weighted by Gasteiger charge is -2.51. The highest BCUT2D eigenvalue weighted by Gasteiger charge is 2.48. The molecule has 0 bridgehead atoms. The van der Waals surface area contributed by atoms with Gasteiger partial charge in [-0.2, -0.15) is 0 Å². The first-order valence-electron chi connectivity index (χ1n) is 9.07. The van der Waals surface area contributed by atoms with E-state index in [0.29, 0.717) is 11.5 Å². The minimum atomic E-state index is -0.427. The van der Waals surface area contributed by atoms with Crippen molar-refractivity contribution in [1.82, 2.24) is 4.90 Å². The fourth-order valence-electron chi connectivity index (χ4n) is 3.78. The number of carbonyl (C=O) groups is 1. The number of carbonyl (C=O) groups excluding carboxylic acids is 1. The molecule has 4 nitrogen and oxygen atoms in total. The highest BCUT2D eigenvalue weighted by Crippen LogP contribution is 2.50. The average Bonchev–Trinajstić information content (AvgIpc) is 2.49. The summed E-state index contributed by atoms with van der Waals surface area (Å²) < 4.78 is 12.8. The molecule has 1 aliphatic carbocycles. The molecule has 3 rings (SSSR count). The summed E-state index contributed by atoms with van der Waals surface area (Å²) in [5.41, 5.74) is 1.08. The maximum absolute atomic E-state index is 12.2. The number of amides is 1. The number of benzene rings is 1. The van der Waals surface area contributed by atoms with E-state index in [4.69, 9.17) is 9.47 Å². The molecule has 0 N–H and O–H groups in total. The lowest BCUT2D eigenvalue weighted by Crippen LogP contribution is -2.52. The molecule has 1 aliphatic heterocycles. The van der Waals surface area contributed by atoms with Gasteiger partial charge in [-0.3, -0.25) is 0 Å². The molecule has 2 aliphatic rings. The smallest absolute Gasteiger partial charge is 0.410 e. The number of ether oxygens (including phenoxy) is 2. The summed E-state index contributed by atoms with van der Waals surface area (Å²) in [6.07, 6.45) is 4.37. The van der Waals surface area contributed by atoms with Gasteiger partial charge in [0.1, 0.15) is 11.4 Å². The molecule has 1 spiro atoms. The predicted octanol–water partition coefficient (Wildman–Crippen LogP) is 5.32. The minimum Gasteiger partial charge on any atom is -0.490 e. The van der Waals surface area contributed by atoms with Gasteiger partial charge >= 0.3 is 6.09 Å². The Hall–Kier alpha value is -1.23. The van der Waals surface area contributed by atoms with Crippen LogP contribution in [-0.4, -0.2) is 35.8 Å². The second-order valence-corrected chi connectivity index (χ2v) is 9.33. The van der Waals surface area contributed by atoms with E-state index in [1.165, 1.54) is 0 Å². The second-order valence-electron chi connectivity index (χ2n) is 8.48. The Morgan fingerprint density at radius 3 is 2.48 bits per heavy atom. The first kappa shape index (κ1) is 18.6. The van der Waals surface area contributed by atoms with E-state index in [1.807, 2.05) is 43.9 Å². The number of likely N-dealkylation sites (tertiary alicyclic amines) is 1. The van der Waals surface area contributed by atoms with Crippen LogP contribution in [0, 0.1) is 12.3 Å². The molecular weight excluding hydrogens is 382 g/mol. The molecule has 1 aromatic carbocycles. The summed E-state index contributed by atoms with van der Waals surface area (Å²) in [5.74, 6) is 0.973. The summed E-state index contributed by atoms with van der Waals surface area (Å²) in [6.45, 7) is 9.39. The fraction of sp³-hybridized carbons (Fsp3) is 0.650. The van der Waals surface area contributed by atoms with Crippen LogP contribution in [-0.2, 0) is 4.74 Å². The van der Waals surface area contributed by atoms with Crippen LogP contribution in [0.25, 0.3) is 0 Å². The van der Waals surface area contributed by atoms with Gasteiger partial charge in [-0.05, 0) is 70.9 Å². The zero-order chi connectivity index (χ0) is 18.2. The molecule has 5 heteroatoms. The number of piperidine rings is 1. The van der Waals surface area contributed by atoms with Gasteiger partial charge in [0.05, 0.1) is 6.10 Å². The summed E-state index contributed by atoms with van der Waals surface area (Å²) in [6, 6.07) is 6.09. The molecule has 138 valence electrons. The molecule has 1 amide bonds. The van der Waals surface area contributed by atoms with E-state index in [1.54, 1.807) is 0 Å². The van der Waals surface area contributed by atoms with Gasteiger partial charge in [0, 0.05) is 23.1 Å². The first-order valence-corrected chi connectivity index (χ1v) is 9.86. The minimum absolute atomic E-state index is 0.181. The van der Waals surface area contributed by atoms with Crippen LogP contribution in [0.15, 0.2) is 22.7 Å². The van der Waals surface area contributed by atoms with Crippen molar-refractivity contribution in [2.24, 2.45) is 5.41 Å². The first-order chi connectivity index (χ1) is 11.7. The van der Waals surface area contributed by atoms with Crippen molar-refractivity contribution in [3.63, 3.8) is 0 Å². The molecule has 0 atom stereocenters. The fourth-order valence-corrected chi connectivity index (χ4v) is 4.13. The maximum atomic E-state index is 12.2. The van der Waals surface area contributed by atoms with Gasteiger partial charge in [-0.15, -0.1) is 0 Å². The molecule has 1 saturated carbocycles. The van der Waals surface area contributed by atoms with E-state index in [-0.39, 0.29) is 6.09 Å². The average molecular weight is 410 g/mol. The largest absolute Gasteiger partial charge is 0.490 e. The lowest BCUT2D eigenvalue weighted by atomic mass is 9.61. The van der Waals surface area contributed by atoms with Crippen LogP contribution in [0.3, 0.4) is 0 Å². The molecular formula is C20H28BrNO3. The monoisotopic (exact) mass is 409 g/mol. The molecule has 1 saturated heterocycles. The summed E-state index contributed by atoms with van der Waals surface area (Å²) >= 11 is 3.56. The third-order valence-electron chi connectivity index (χ3n) is 5.31. The van der Waals surface area contributed by atoms with Gasteiger partial charge in [0.25, 0.3) is 0 Å². The van der Waals surface area contributed by atoms with Crippen molar-refractivity contribution in [3.8, 4) is 5.75 Å². The Kier molecular flexibility index (Phi) is 5.06. The van der Waals surface area contributed by atoms with Crippen molar-refractivity contribution in [2.75, 3.05) is 13.1 Å². The Labute approximate surface area is 159 Å². The van der Waals surface area contributed by atoms with E-state index in [0.717, 1.165) is 54.6 Å². The van der Waals surface area contributed by atoms with Gasteiger partial charge in [-0.1, -0.05) is 22.0 Å². The molecule has 1 heterocycles. The third-order valence-corrected chi connectivity index (χ3v) is 6.17. The SMILES string of the molecule is Cc1c(Br)cccc1OC1CC2(CCN(C(=O)OC(C)(C)C)CC2)C1. The number of nitrogens with zero attached hydrogens (tertiary/aromatic N) is 1. The number of hydrogen-bond donors (Lipinski definition) is 0. The quantitative estimate of drug-likeness (QED) is 0.663. The van der Waals surface area contributed by atoms with E-state index in [2.05, 4.69) is 22.9 Å². The van der Waals surface area contributed by atoms with Crippen molar-refractivity contribution < 1.29 is 14.3 Å². The predicted molar refractivity (Wildman–Crippen MR) is 102 cm³/mol. The standard InChI is InChI=1S/C20H28BrNO3/c1-14-16(21)6-5-7-17(14)24-15-12-20(13-15)8-10-22(11-9-20)18(23)25-19(2,3)4/h5-7,15H,8-13H2,1-4H3. The summed E-state index contributed by atoms with van der Waals surface area (Å²) in [7, 11) is 0. The maximum Gasteiger partial charge on any atom is 0.410 e. The van der Waals surface area contributed by atoms with Crippen LogP contribution in [0.5, 0.6) is 5.75 Å². The normalized spacial score (nSPS) is 20.3. The van der Waals surface area contributed by atoms with Gasteiger partial charge < -0.3 is 14.4 Å². The van der Waals surface area contributed by atoms with Crippen molar-refractivity contribution >= 4 is 22.0 Å². The molecule has 0 aromatic heterocycles. The number of hydrogen-bond acceptors (Lipinski definition) is 3. The van der Waals surface area contributed by atoms with Crippen LogP contribution in [0.4, 0.5) is 4.79 Å². The van der Waals surface area contributed by atoms with E-state index in [9.17, 15) is 4.79 Å². The second kappa shape index (κ2) is 6.82. The molecule has 25 heavy (non-hydrogen) atoms. The van der Waals surface area contributed by atoms with Gasteiger partial charge in [0.2, 0.25) is 0 Å². The number of halogens is 1. The molecule has 0 unspecified atom stereocenters. The summed E-state index contributed by atoms with van der Waals surface area (Å²) in [4.78, 5) is 14.0. The topological polar surface area (TPSA) is 38.8 Å². The van der Waals surface area contributed by atoms with Crippen LogP contribution in [0.2, 0.25) is 0 Å². The van der Waals surface area contributed by atoms with Crippen molar-refractivity contribution in [2.45, 2.75) is 65.1 Å². The molecule has 1 aromatic rings. The number of rotatable bonds is 2. The van der Waals surface area contributed by atoms with Crippen molar-refractivity contribution in [1.29, 1.82) is 0 Å². The third kappa shape index (κ3) is 4.30. The highest BCUT2D eigenvalue weighted by atomic mass is 79.9. The Balaban J connectivity index is 1.48. The van der Waals surface area contributed by atoms with Crippen LogP contribution in [0.1, 0.15) is 52.0 Å². The molecule has 2 fully saturated rings. The highest BCUT2D eigenvalue weighted by molar-refractivity contribution is 9.10. The van der Waals surface area contributed by atoms with Gasteiger partial charge in [-0.25, -0.2) is 4.79 Å². The van der Waals surface area contributed by atoms with E-state index >= 15 is 0 Å². The van der Waals surface area contributed by atoms with Gasteiger partial charge in [0.15, 0.2) is 0 Å². The Morgan fingerprint density at radius 1 is 1.24 bits per heavy atom. The van der Waals surface area contributed by atoms with E-state index < -0.39 is 5.60 Å². The van der Waals surface area contributed by atoms with Crippen molar-refractivity contribution in [3.05, 3.63) is 28.2 Å². The Morgan fingerprint density at radius 2 is 1.88 bits per heavy atom. The zero-order valence-corrected chi connectivity index (χ0v) is 17.2. The lowest BCUT2D eigenvalue weighted by molar-refractivity contribution is -0.0585. The molecule has 0 radical (unpaired) electrons. The van der Waals surface area contributed by atoms with Crippen LogP contribution < -0.4 is 4.74 Å².